The predicted molar refractivity (Wildman–Crippen MR) is 54.5 cm³/mol. The molecule has 3 N–H and O–H groups in total. The van der Waals surface area contributed by atoms with E-state index in [1.807, 2.05) is 0 Å². The molecule has 1 unspecified atom stereocenters. The van der Waals surface area contributed by atoms with Crippen molar-refractivity contribution < 1.29 is 15.0 Å². The minimum Gasteiger partial charge on any atom is -0.477 e. The first-order chi connectivity index (χ1) is 7.17. The monoisotopic (exact) mass is 206 g/mol. The molecule has 5 heteroatoms. The van der Waals surface area contributed by atoms with Gasteiger partial charge in [-0.1, -0.05) is 5.92 Å². The van der Waals surface area contributed by atoms with Crippen molar-refractivity contribution in [3.05, 3.63) is 24.0 Å². The van der Waals surface area contributed by atoms with E-state index >= 15 is 0 Å². The molecule has 1 aromatic heterocycles. The molecule has 1 atom stereocenters. The number of hydrogen-bond donors (Lipinski definition) is 3. The number of carboxylic acids is 1. The molecule has 0 aromatic carbocycles. The maximum absolute atomic E-state index is 10.5. The molecule has 0 spiro atoms. The number of carboxylic acid groups (broad SMARTS) is 1. The van der Waals surface area contributed by atoms with E-state index in [4.69, 9.17) is 16.6 Å². The van der Waals surface area contributed by atoms with Crippen molar-refractivity contribution in [3.63, 3.8) is 0 Å². The van der Waals surface area contributed by atoms with Crippen molar-refractivity contribution >= 4 is 11.7 Å². The molecule has 0 radical (unpaired) electrons. The third-order valence-corrected chi connectivity index (χ3v) is 1.71. The van der Waals surface area contributed by atoms with E-state index in [2.05, 4.69) is 16.2 Å². The Labute approximate surface area is 86.8 Å². The maximum Gasteiger partial charge on any atom is 0.354 e. The number of pyridine rings is 1. The predicted octanol–water partition coefficient (Wildman–Crippen LogP) is 0.186. The summed E-state index contributed by atoms with van der Waals surface area (Å²) in [6.07, 6.45) is 6.47. The molecule has 15 heavy (non-hydrogen) atoms. The van der Waals surface area contributed by atoms with Crippen molar-refractivity contribution in [2.45, 2.75) is 6.04 Å². The van der Waals surface area contributed by atoms with Gasteiger partial charge < -0.3 is 15.5 Å². The lowest BCUT2D eigenvalue weighted by molar-refractivity contribution is 0.0690. The van der Waals surface area contributed by atoms with Crippen LogP contribution >= 0.6 is 0 Å². The topological polar surface area (TPSA) is 82.5 Å². The van der Waals surface area contributed by atoms with Crippen molar-refractivity contribution in [3.8, 4) is 12.3 Å². The van der Waals surface area contributed by atoms with Gasteiger partial charge in [0.05, 0.1) is 18.5 Å². The van der Waals surface area contributed by atoms with Crippen LogP contribution in [0, 0.1) is 12.3 Å². The zero-order valence-corrected chi connectivity index (χ0v) is 7.84. The fourth-order valence-corrected chi connectivity index (χ4v) is 0.947. The molecule has 0 bridgehead atoms. The first kappa shape index (κ1) is 11.0. The molecule has 5 nitrogen and oxygen atoms in total. The number of aliphatic hydroxyl groups is 1. The number of aromatic nitrogens is 1. The van der Waals surface area contributed by atoms with Crippen LogP contribution in [-0.4, -0.2) is 33.8 Å². The Morgan fingerprint density at radius 1 is 1.67 bits per heavy atom. The molecule has 0 amide bonds. The Hall–Kier alpha value is -2.06. The zero-order valence-electron chi connectivity index (χ0n) is 7.84. The standard InChI is InChI=1S/C10H10N2O3/c1-2-7(6-13)12-8-3-4-9(10(14)15)11-5-8/h1,3-5,7,12-13H,6H2,(H,14,15). The fraction of sp³-hybridized carbons (Fsp3) is 0.200. The van der Waals surface area contributed by atoms with E-state index in [0.717, 1.165) is 0 Å². The van der Waals surface area contributed by atoms with Gasteiger partial charge in [-0.15, -0.1) is 6.42 Å². The van der Waals surface area contributed by atoms with Crippen LogP contribution in [0.15, 0.2) is 18.3 Å². The first-order valence-electron chi connectivity index (χ1n) is 4.20. The Balaban J connectivity index is 2.73. The number of terminal acetylenes is 1. The Morgan fingerprint density at radius 2 is 2.40 bits per heavy atom. The number of carbonyl (C=O) groups is 1. The summed E-state index contributed by atoms with van der Waals surface area (Å²) < 4.78 is 0. The highest BCUT2D eigenvalue weighted by atomic mass is 16.4. The van der Waals surface area contributed by atoms with Gasteiger partial charge in [-0.2, -0.15) is 0 Å². The second kappa shape index (κ2) is 4.98. The Morgan fingerprint density at radius 3 is 2.80 bits per heavy atom. The summed E-state index contributed by atoms with van der Waals surface area (Å²) in [6.45, 7) is -0.197. The van der Waals surface area contributed by atoms with Crippen LogP contribution in [0.25, 0.3) is 0 Å². The molecule has 0 saturated heterocycles. The lowest BCUT2D eigenvalue weighted by atomic mass is 10.3. The minimum atomic E-state index is -1.09. The van der Waals surface area contributed by atoms with Crippen molar-refractivity contribution in [2.24, 2.45) is 0 Å². The summed E-state index contributed by atoms with van der Waals surface area (Å²) in [4.78, 5) is 14.2. The van der Waals surface area contributed by atoms with E-state index in [-0.39, 0.29) is 12.3 Å². The molecular weight excluding hydrogens is 196 g/mol. The second-order valence-electron chi connectivity index (χ2n) is 2.78. The van der Waals surface area contributed by atoms with Crippen molar-refractivity contribution in [1.29, 1.82) is 0 Å². The van der Waals surface area contributed by atoms with Crippen LogP contribution in [0.2, 0.25) is 0 Å². The van der Waals surface area contributed by atoms with Crippen LogP contribution in [0.1, 0.15) is 10.5 Å². The maximum atomic E-state index is 10.5. The van der Waals surface area contributed by atoms with Crippen LogP contribution in [-0.2, 0) is 0 Å². The third kappa shape index (κ3) is 2.97. The molecule has 0 aliphatic carbocycles. The quantitative estimate of drug-likeness (QED) is 0.612. The molecule has 0 fully saturated rings. The average Bonchev–Trinajstić information content (AvgIpc) is 2.26. The highest BCUT2D eigenvalue weighted by Crippen LogP contribution is 2.07. The lowest BCUT2D eigenvalue weighted by Crippen LogP contribution is -2.21. The van der Waals surface area contributed by atoms with Crippen LogP contribution < -0.4 is 5.32 Å². The molecule has 1 heterocycles. The number of hydrogen-bond acceptors (Lipinski definition) is 4. The van der Waals surface area contributed by atoms with Gasteiger partial charge >= 0.3 is 5.97 Å². The van der Waals surface area contributed by atoms with E-state index in [9.17, 15) is 4.79 Å². The highest BCUT2D eigenvalue weighted by molar-refractivity contribution is 5.85. The number of rotatable bonds is 4. The molecule has 0 saturated carbocycles. The normalized spacial score (nSPS) is 11.5. The van der Waals surface area contributed by atoms with Gasteiger partial charge in [0, 0.05) is 0 Å². The summed E-state index contributed by atoms with van der Waals surface area (Å²) in [5.74, 6) is 1.25. The van der Waals surface area contributed by atoms with Gasteiger partial charge in [-0.3, -0.25) is 0 Å². The molecule has 0 aliphatic heterocycles. The number of nitrogens with one attached hydrogen (secondary N) is 1. The number of aliphatic hydroxyl groups excluding tert-OH is 1. The number of anilines is 1. The summed E-state index contributed by atoms with van der Waals surface area (Å²) in [6, 6.07) is 2.40. The molecule has 0 aliphatic rings. The summed E-state index contributed by atoms with van der Waals surface area (Å²) in [5.41, 5.74) is 0.527. The van der Waals surface area contributed by atoms with E-state index in [1.165, 1.54) is 18.3 Å². The van der Waals surface area contributed by atoms with Gasteiger partial charge in [0.1, 0.15) is 11.7 Å². The van der Waals surface area contributed by atoms with E-state index in [0.29, 0.717) is 5.69 Å². The van der Waals surface area contributed by atoms with Crippen molar-refractivity contribution in [2.75, 3.05) is 11.9 Å². The van der Waals surface area contributed by atoms with Crippen LogP contribution in [0.4, 0.5) is 5.69 Å². The van der Waals surface area contributed by atoms with Gasteiger partial charge in [0.15, 0.2) is 0 Å². The molecule has 1 aromatic rings. The van der Waals surface area contributed by atoms with Gasteiger partial charge in [-0.25, -0.2) is 9.78 Å². The lowest BCUT2D eigenvalue weighted by Gasteiger charge is -2.10. The summed E-state index contributed by atoms with van der Waals surface area (Å²) >= 11 is 0. The SMILES string of the molecule is C#CC(CO)Nc1ccc(C(=O)O)nc1. The van der Waals surface area contributed by atoms with Gasteiger partial charge in [-0.05, 0) is 12.1 Å². The molecule has 1 rings (SSSR count). The minimum absolute atomic E-state index is 0.0400. The average molecular weight is 206 g/mol. The van der Waals surface area contributed by atoms with Crippen LogP contribution in [0.5, 0.6) is 0 Å². The zero-order chi connectivity index (χ0) is 11.3. The number of aromatic carboxylic acids is 1. The van der Waals surface area contributed by atoms with Crippen molar-refractivity contribution in [1.82, 2.24) is 4.98 Å². The number of nitrogens with zero attached hydrogens (tertiary/aromatic N) is 1. The second-order valence-corrected chi connectivity index (χ2v) is 2.78. The summed E-state index contributed by atoms with van der Waals surface area (Å²) in [7, 11) is 0. The molecular formula is C10H10N2O3. The largest absolute Gasteiger partial charge is 0.477 e. The fourth-order valence-electron chi connectivity index (χ4n) is 0.947. The highest BCUT2D eigenvalue weighted by Gasteiger charge is 2.05. The smallest absolute Gasteiger partial charge is 0.354 e. The van der Waals surface area contributed by atoms with Gasteiger partial charge in [0.25, 0.3) is 0 Å². The van der Waals surface area contributed by atoms with Gasteiger partial charge in [0.2, 0.25) is 0 Å². The Kier molecular flexibility index (Phi) is 3.66. The van der Waals surface area contributed by atoms with E-state index in [1.54, 1.807) is 0 Å². The summed E-state index contributed by atoms with van der Waals surface area (Å²) in [5, 5.41) is 20.2. The first-order valence-corrected chi connectivity index (χ1v) is 4.20. The van der Waals surface area contributed by atoms with E-state index < -0.39 is 12.0 Å². The Bertz CT molecular complexity index is 381. The molecule has 78 valence electrons. The third-order valence-electron chi connectivity index (χ3n) is 1.71. The van der Waals surface area contributed by atoms with Crippen LogP contribution in [0.3, 0.4) is 0 Å².